The third-order valence-electron chi connectivity index (χ3n) is 3.78. The molecule has 3 N–H and O–H groups in total. The SMILES string of the molecule is CC(CCN(C)C)NC(=O)CC1(N)CCCCC1. The Bertz CT molecular complexity index is 260. The summed E-state index contributed by atoms with van der Waals surface area (Å²) in [6.45, 7) is 3.06. The molecule has 0 spiro atoms. The van der Waals surface area contributed by atoms with Crippen LogP contribution in [0.15, 0.2) is 0 Å². The zero-order valence-electron chi connectivity index (χ0n) is 12.2. The molecule has 106 valence electrons. The van der Waals surface area contributed by atoms with Crippen LogP contribution in [0, 0.1) is 0 Å². The Hall–Kier alpha value is -0.610. The predicted octanol–water partition coefficient (Wildman–Crippen LogP) is 1.49. The topological polar surface area (TPSA) is 58.4 Å². The number of nitrogens with two attached hydrogens (primary N) is 1. The fourth-order valence-electron chi connectivity index (χ4n) is 2.60. The first kappa shape index (κ1) is 15.4. The summed E-state index contributed by atoms with van der Waals surface area (Å²) < 4.78 is 0. The van der Waals surface area contributed by atoms with Gasteiger partial charge in [-0.25, -0.2) is 0 Å². The molecule has 0 saturated heterocycles. The van der Waals surface area contributed by atoms with Crippen LogP contribution in [0.3, 0.4) is 0 Å². The summed E-state index contributed by atoms with van der Waals surface area (Å²) in [7, 11) is 4.09. The smallest absolute Gasteiger partial charge is 0.222 e. The Kier molecular flexibility index (Phi) is 6.09. The third kappa shape index (κ3) is 5.83. The number of hydrogen-bond acceptors (Lipinski definition) is 3. The van der Waals surface area contributed by atoms with Crippen LogP contribution in [0.1, 0.15) is 51.9 Å². The van der Waals surface area contributed by atoms with Crippen LogP contribution >= 0.6 is 0 Å². The van der Waals surface area contributed by atoms with E-state index in [4.69, 9.17) is 5.73 Å². The van der Waals surface area contributed by atoms with Gasteiger partial charge in [-0.05, 0) is 46.8 Å². The number of carbonyl (C=O) groups excluding carboxylic acids is 1. The highest BCUT2D eigenvalue weighted by Crippen LogP contribution is 2.28. The van der Waals surface area contributed by atoms with E-state index >= 15 is 0 Å². The largest absolute Gasteiger partial charge is 0.354 e. The molecule has 0 radical (unpaired) electrons. The first-order chi connectivity index (χ1) is 8.41. The molecular weight excluding hydrogens is 226 g/mol. The number of amides is 1. The first-order valence-electron chi connectivity index (χ1n) is 7.14. The number of rotatable bonds is 6. The predicted molar refractivity (Wildman–Crippen MR) is 75.4 cm³/mol. The van der Waals surface area contributed by atoms with Gasteiger partial charge in [0.1, 0.15) is 0 Å². The molecule has 1 fully saturated rings. The molecule has 0 bridgehead atoms. The maximum Gasteiger partial charge on any atom is 0.222 e. The van der Waals surface area contributed by atoms with Crippen molar-refractivity contribution in [1.82, 2.24) is 10.2 Å². The van der Waals surface area contributed by atoms with Gasteiger partial charge >= 0.3 is 0 Å². The van der Waals surface area contributed by atoms with Gasteiger partial charge in [-0.3, -0.25) is 4.79 Å². The van der Waals surface area contributed by atoms with Crippen LogP contribution in [-0.4, -0.2) is 43.0 Å². The molecule has 0 aromatic carbocycles. The maximum atomic E-state index is 12.0. The Balaban J connectivity index is 2.27. The Labute approximate surface area is 111 Å². The van der Waals surface area contributed by atoms with E-state index in [0.29, 0.717) is 6.42 Å². The monoisotopic (exact) mass is 255 g/mol. The van der Waals surface area contributed by atoms with E-state index < -0.39 is 0 Å². The van der Waals surface area contributed by atoms with Crippen molar-refractivity contribution >= 4 is 5.91 Å². The van der Waals surface area contributed by atoms with Crippen molar-refractivity contribution in [1.29, 1.82) is 0 Å². The lowest BCUT2D eigenvalue weighted by atomic mass is 9.80. The van der Waals surface area contributed by atoms with Gasteiger partial charge in [-0.1, -0.05) is 19.3 Å². The summed E-state index contributed by atoms with van der Waals surface area (Å²) >= 11 is 0. The molecule has 4 nitrogen and oxygen atoms in total. The van der Waals surface area contributed by atoms with Gasteiger partial charge in [0.15, 0.2) is 0 Å². The second-order valence-corrected chi connectivity index (χ2v) is 6.16. The lowest BCUT2D eigenvalue weighted by Gasteiger charge is -2.33. The summed E-state index contributed by atoms with van der Waals surface area (Å²) in [4.78, 5) is 14.1. The molecule has 1 saturated carbocycles. The minimum absolute atomic E-state index is 0.116. The molecule has 1 unspecified atom stereocenters. The van der Waals surface area contributed by atoms with Gasteiger partial charge in [-0.15, -0.1) is 0 Å². The van der Waals surface area contributed by atoms with Gasteiger partial charge in [0.25, 0.3) is 0 Å². The van der Waals surface area contributed by atoms with Crippen molar-refractivity contribution in [2.45, 2.75) is 63.5 Å². The zero-order valence-corrected chi connectivity index (χ0v) is 12.2. The van der Waals surface area contributed by atoms with Gasteiger partial charge in [0, 0.05) is 18.0 Å². The standard InChI is InChI=1S/C14H29N3O/c1-12(7-10-17(2)3)16-13(18)11-14(15)8-5-4-6-9-14/h12H,4-11,15H2,1-3H3,(H,16,18). The average Bonchev–Trinajstić information content (AvgIpc) is 2.26. The number of nitrogens with one attached hydrogen (secondary N) is 1. The number of carbonyl (C=O) groups is 1. The van der Waals surface area contributed by atoms with E-state index in [1.165, 1.54) is 19.3 Å². The molecule has 1 amide bonds. The lowest BCUT2D eigenvalue weighted by Crippen LogP contribution is -2.47. The summed E-state index contributed by atoms with van der Waals surface area (Å²) in [6.07, 6.45) is 7.05. The van der Waals surface area contributed by atoms with Crippen LogP contribution in [0.2, 0.25) is 0 Å². The van der Waals surface area contributed by atoms with E-state index in [2.05, 4.69) is 17.1 Å². The molecule has 1 rings (SSSR count). The van der Waals surface area contributed by atoms with Crippen LogP contribution in [0.5, 0.6) is 0 Å². The highest BCUT2D eigenvalue weighted by Gasteiger charge is 2.30. The van der Waals surface area contributed by atoms with Crippen molar-refractivity contribution < 1.29 is 4.79 Å². The summed E-state index contributed by atoms with van der Waals surface area (Å²) in [5.41, 5.74) is 6.04. The molecule has 1 aliphatic carbocycles. The Morgan fingerprint density at radius 3 is 2.50 bits per heavy atom. The van der Waals surface area contributed by atoms with Gasteiger partial charge < -0.3 is 16.0 Å². The van der Waals surface area contributed by atoms with Crippen molar-refractivity contribution in [2.75, 3.05) is 20.6 Å². The number of nitrogens with zero attached hydrogens (tertiary/aromatic N) is 1. The van der Waals surface area contributed by atoms with Gasteiger partial charge in [0.2, 0.25) is 5.91 Å². The zero-order chi connectivity index (χ0) is 13.6. The van der Waals surface area contributed by atoms with Crippen LogP contribution in [0.25, 0.3) is 0 Å². The van der Waals surface area contributed by atoms with E-state index in [0.717, 1.165) is 25.8 Å². The van der Waals surface area contributed by atoms with Crippen LogP contribution < -0.4 is 11.1 Å². The molecular formula is C14H29N3O. The second-order valence-electron chi connectivity index (χ2n) is 6.16. The van der Waals surface area contributed by atoms with E-state index in [1.807, 2.05) is 14.1 Å². The minimum atomic E-state index is -0.246. The third-order valence-corrected chi connectivity index (χ3v) is 3.78. The molecule has 0 aliphatic heterocycles. The van der Waals surface area contributed by atoms with Gasteiger partial charge in [-0.2, -0.15) is 0 Å². The van der Waals surface area contributed by atoms with E-state index in [-0.39, 0.29) is 17.5 Å². The Morgan fingerprint density at radius 2 is 1.94 bits per heavy atom. The van der Waals surface area contributed by atoms with Crippen LogP contribution in [-0.2, 0) is 4.79 Å². The fraction of sp³-hybridized carbons (Fsp3) is 0.929. The quantitative estimate of drug-likeness (QED) is 0.756. The number of hydrogen-bond donors (Lipinski definition) is 2. The van der Waals surface area contributed by atoms with Gasteiger partial charge in [0.05, 0.1) is 0 Å². The maximum absolute atomic E-state index is 12.0. The van der Waals surface area contributed by atoms with Crippen molar-refractivity contribution in [2.24, 2.45) is 5.73 Å². The minimum Gasteiger partial charge on any atom is -0.354 e. The fourth-order valence-corrected chi connectivity index (χ4v) is 2.60. The molecule has 0 heterocycles. The highest BCUT2D eigenvalue weighted by atomic mass is 16.1. The Morgan fingerprint density at radius 1 is 1.33 bits per heavy atom. The first-order valence-corrected chi connectivity index (χ1v) is 7.14. The lowest BCUT2D eigenvalue weighted by molar-refractivity contribution is -0.123. The molecule has 0 aromatic rings. The summed E-state index contributed by atoms with van der Waals surface area (Å²) in [6, 6.07) is 0.229. The summed E-state index contributed by atoms with van der Waals surface area (Å²) in [5, 5.41) is 3.06. The van der Waals surface area contributed by atoms with Crippen molar-refractivity contribution in [3.8, 4) is 0 Å². The van der Waals surface area contributed by atoms with E-state index in [9.17, 15) is 4.79 Å². The average molecular weight is 255 g/mol. The summed E-state index contributed by atoms with van der Waals surface area (Å²) in [5.74, 6) is 0.116. The highest BCUT2D eigenvalue weighted by molar-refractivity contribution is 5.77. The molecule has 4 heteroatoms. The molecule has 1 aliphatic rings. The molecule has 0 aromatic heterocycles. The second kappa shape index (κ2) is 7.10. The van der Waals surface area contributed by atoms with E-state index in [1.54, 1.807) is 0 Å². The van der Waals surface area contributed by atoms with Crippen molar-refractivity contribution in [3.05, 3.63) is 0 Å². The van der Waals surface area contributed by atoms with Crippen LogP contribution in [0.4, 0.5) is 0 Å². The van der Waals surface area contributed by atoms with Crippen molar-refractivity contribution in [3.63, 3.8) is 0 Å². The molecule has 1 atom stereocenters. The molecule has 18 heavy (non-hydrogen) atoms. The normalized spacial score (nSPS) is 20.7.